The van der Waals surface area contributed by atoms with Crippen LogP contribution in [0.4, 0.5) is 0 Å². The van der Waals surface area contributed by atoms with E-state index in [1.807, 2.05) is 26.2 Å². The second-order valence-electron chi connectivity index (χ2n) is 4.11. The molecule has 0 fully saturated rings. The van der Waals surface area contributed by atoms with Gasteiger partial charge in [-0.05, 0) is 20.8 Å². The molecule has 0 aliphatic heterocycles. The lowest BCUT2D eigenvalue weighted by molar-refractivity contribution is -0.0162. The molecule has 0 aromatic carbocycles. The van der Waals surface area contributed by atoms with E-state index in [1.54, 1.807) is 6.07 Å². The van der Waals surface area contributed by atoms with Crippen molar-refractivity contribution < 1.29 is 14.3 Å². The Hall–Kier alpha value is -0.870. The van der Waals surface area contributed by atoms with Gasteiger partial charge in [0.25, 0.3) is 0 Å². The SMILES string of the molecule is CC(C)(C)OCCOc1csc(C=O)c1. The number of aldehydes is 1. The molecule has 15 heavy (non-hydrogen) atoms. The Balaban J connectivity index is 2.23. The van der Waals surface area contributed by atoms with Crippen LogP contribution in [0.2, 0.25) is 0 Å². The molecule has 0 saturated heterocycles. The van der Waals surface area contributed by atoms with Crippen LogP contribution in [0.1, 0.15) is 30.4 Å². The zero-order chi connectivity index (χ0) is 11.3. The summed E-state index contributed by atoms with van der Waals surface area (Å²) in [5.41, 5.74) is -0.133. The molecule has 0 amide bonds. The monoisotopic (exact) mass is 228 g/mol. The highest BCUT2D eigenvalue weighted by Gasteiger charge is 2.09. The van der Waals surface area contributed by atoms with E-state index in [0.717, 1.165) is 12.0 Å². The summed E-state index contributed by atoms with van der Waals surface area (Å²) in [5, 5.41) is 1.82. The minimum absolute atomic E-state index is 0.133. The van der Waals surface area contributed by atoms with Crippen LogP contribution in [0.25, 0.3) is 0 Å². The van der Waals surface area contributed by atoms with Crippen LogP contribution in [0.3, 0.4) is 0 Å². The lowest BCUT2D eigenvalue weighted by atomic mass is 10.2. The van der Waals surface area contributed by atoms with Gasteiger partial charge in [-0.15, -0.1) is 11.3 Å². The Labute approximate surface area is 94.0 Å². The van der Waals surface area contributed by atoms with Gasteiger partial charge in [-0.25, -0.2) is 0 Å². The first-order chi connectivity index (χ1) is 7.01. The molecule has 0 radical (unpaired) electrons. The second-order valence-corrected chi connectivity index (χ2v) is 5.05. The third-order valence-corrected chi connectivity index (χ3v) is 2.44. The normalized spacial score (nSPS) is 11.4. The predicted molar refractivity (Wildman–Crippen MR) is 60.9 cm³/mol. The van der Waals surface area contributed by atoms with Crippen LogP contribution >= 0.6 is 11.3 Å². The van der Waals surface area contributed by atoms with Crippen molar-refractivity contribution >= 4 is 17.6 Å². The highest BCUT2D eigenvalue weighted by Crippen LogP contribution is 2.19. The summed E-state index contributed by atoms with van der Waals surface area (Å²) in [5.74, 6) is 0.736. The molecule has 3 nitrogen and oxygen atoms in total. The predicted octanol–water partition coefficient (Wildman–Crippen LogP) is 2.75. The summed E-state index contributed by atoms with van der Waals surface area (Å²) in [6, 6.07) is 1.73. The number of hydrogen-bond acceptors (Lipinski definition) is 4. The lowest BCUT2D eigenvalue weighted by Gasteiger charge is -2.19. The molecule has 1 aromatic heterocycles. The molecule has 0 aliphatic rings. The average molecular weight is 228 g/mol. The molecule has 0 aliphatic carbocycles. The quantitative estimate of drug-likeness (QED) is 0.574. The van der Waals surface area contributed by atoms with Crippen molar-refractivity contribution in [1.82, 2.24) is 0 Å². The number of hydrogen-bond donors (Lipinski definition) is 0. The summed E-state index contributed by atoms with van der Waals surface area (Å²) in [4.78, 5) is 11.1. The standard InChI is InChI=1S/C11H16O3S/c1-11(2,3)14-5-4-13-9-6-10(7-12)15-8-9/h6-8H,4-5H2,1-3H3. The zero-order valence-electron chi connectivity index (χ0n) is 9.28. The van der Waals surface area contributed by atoms with Crippen molar-refractivity contribution in [1.29, 1.82) is 0 Å². The molecule has 1 aromatic rings. The van der Waals surface area contributed by atoms with E-state index in [-0.39, 0.29) is 5.60 Å². The van der Waals surface area contributed by atoms with Gasteiger partial charge >= 0.3 is 0 Å². The molecule has 0 unspecified atom stereocenters. The van der Waals surface area contributed by atoms with Gasteiger partial charge in [-0.1, -0.05) is 0 Å². The first kappa shape index (κ1) is 12.2. The van der Waals surface area contributed by atoms with Crippen molar-refractivity contribution in [2.75, 3.05) is 13.2 Å². The molecule has 0 spiro atoms. The number of carbonyl (C=O) groups excluding carboxylic acids is 1. The summed E-state index contributed by atoms with van der Waals surface area (Å²) in [7, 11) is 0. The van der Waals surface area contributed by atoms with Crippen molar-refractivity contribution in [3.05, 3.63) is 16.3 Å². The Morgan fingerprint density at radius 2 is 2.13 bits per heavy atom. The summed E-state index contributed by atoms with van der Waals surface area (Å²) in [6.07, 6.45) is 0.823. The summed E-state index contributed by atoms with van der Waals surface area (Å²) < 4.78 is 10.9. The van der Waals surface area contributed by atoms with Gasteiger partial charge in [0.2, 0.25) is 0 Å². The third kappa shape index (κ3) is 4.95. The first-order valence-corrected chi connectivity index (χ1v) is 5.70. The van der Waals surface area contributed by atoms with Crippen LogP contribution in [0, 0.1) is 0 Å². The molecule has 0 N–H and O–H groups in total. The second kappa shape index (κ2) is 5.28. The van der Waals surface area contributed by atoms with Crippen molar-refractivity contribution in [2.24, 2.45) is 0 Å². The van der Waals surface area contributed by atoms with Gasteiger partial charge in [0.15, 0.2) is 6.29 Å². The molecule has 0 bridgehead atoms. The first-order valence-electron chi connectivity index (χ1n) is 4.82. The highest BCUT2D eigenvalue weighted by atomic mass is 32.1. The van der Waals surface area contributed by atoms with Gasteiger partial charge in [0, 0.05) is 11.4 Å². The van der Waals surface area contributed by atoms with Crippen LogP contribution < -0.4 is 4.74 Å². The van der Waals surface area contributed by atoms with Gasteiger partial charge in [-0.3, -0.25) is 4.79 Å². The maximum atomic E-state index is 10.4. The van der Waals surface area contributed by atoms with E-state index >= 15 is 0 Å². The average Bonchev–Trinajstić information content (AvgIpc) is 2.59. The van der Waals surface area contributed by atoms with E-state index in [0.29, 0.717) is 18.1 Å². The lowest BCUT2D eigenvalue weighted by Crippen LogP contribution is -2.22. The largest absolute Gasteiger partial charge is 0.490 e. The Morgan fingerprint density at radius 3 is 2.67 bits per heavy atom. The maximum absolute atomic E-state index is 10.4. The van der Waals surface area contributed by atoms with Crippen molar-refractivity contribution in [3.63, 3.8) is 0 Å². The van der Waals surface area contributed by atoms with E-state index < -0.39 is 0 Å². The molecule has 0 saturated carbocycles. The van der Waals surface area contributed by atoms with Crippen LogP contribution in [-0.4, -0.2) is 25.1 Å². The van der Waals surface area contributed by atoms with E-state index in [9.17, 15) is 4.79 Å². The Morgan fingerprint density at radius 1 is 1.40 bits per heavy atom. The Kier molecular flexibility index (Phi) is 4.29. The maximum Gasteiger partial charge on any atom is 0.160 e. The van der Waals surface area contributed by atoms with Gasteiger partial charge in [0.1, 0.15) is 12.4 Å². The number of rotatable bonds is 5. The molecule has 0 atom stereocenters. The van der Waals surface area contributed by atoms with Crippen LogP contribution in [0.5, 0.6) is 5.75 Å². The molecular weight excluding hydrogens is 212 g/mol. The van der Waals surface area contributed by atoms with E-state index in [2.05, 4.69) is 0 Å². The van der Waals surface area contributed by atoms with Gasteiger partial charge in [-0.2, -0.15) is 0 Å². The molecular formula is C11H16O3S. The summed E-state index contributed by atoms with van der Waals surface area (Å²) >= 11 is 1.38. The minimum Gasteiger partial charge on any atom is -0.490 e. The number of ether oxygens (including phenoxy) is 2. The van der Waals surface area contributed by atoms with Gasteiger partial charge < -0.3 is 9.47 Å². The minimum atomic E-state index is -0.133. The van der Waals surface area contributed by atoms with Crippen LogP contribution in [-0.2, 0) is 4.74 Å². The number of carbonyl (C=O) groups is 1. The van der Waals surface area contributed by atoms with Gasteiger partial charge in [0.05, 0.1) is 17.1 Å². The topological polar surface area (TPSA) is 35.5 Å². The highest BCUT2D eigenvalue weighted by molar-refractivity contribution is 7.11. The molecule has 1 heterocycles. The smallest absolute Gasteiger partial charge is 0.160 e. The molecule has 84 valence electrons. The summed E-state index contributed by atoms with van der Waals surface area (Å²) in [6.45, 7) is 7.06. The van der Waals surface area contributed by atoms with E-state index in [4.69, 9.17) is 9.47 Å². The third-order valence-electron chi connectivity index (χ3n) is 1.60. The molecule has 1 rings (SSSR count). The van der Waals surface area contributed by atoms with E-state index in [1.165, 1.54) is 11.3 Å². The van der Waals surface area contributed by atoms with Crippen molar-refractivity contribution in [2.45, 2.75) is 26.4 Å². The number of thiophene rings is 1. The molecule has 4 heteroatoms. The van der Waals surface area contributed by atoms with Crippen LogP contribution in [0.15, 0.2) is 11.4 Å². The fourth-order valence-corrected chi connectivity index (χ4v) is 1.61. The Bertz CT molecular complexity index is 312. The van der Waals surface area contributed by atoms with Crippen molar-refractivity contribution in [3.8, 4) is 5.75 Å². The fraction of sp³-hybridized carbons (Fsp3) is 0.545. The fourth-order valence-electron chi connectivity index (χ4n) is 0.979. The zero-order valence-corrected chi connectivity index (χ0v) is 10.1.